The molecule has 2 aromatic rings. The summed E-state index contributed by atoms with van der Waals surface area (Å²) < 4.78 is 0.767. The summed E-state index contributed by atoms with van der Waals surface area (Å²) in [5.74, 6) is -0.660. The van der Waals surface area contributed by atoms with Gasteiger partial charge < -0.3 is 10.2 Å². The highest BCUT2D eigenvalue weighted by Gasteiger charge is 2.18. The van der Waals surface area contributed by atoms with Gasteiger partial charge in [-0.2, -0.15) is 0 Å². The maximum atomic E-state index is 12.3. The standard InChI is InChI=1S/C16H13BrCl2N2O2/c1-21(16(23)11-7-6-10(18)8-13(11)19)9-15(22)20-14-5-3-2-4-12(14)17/h2-8H,9H2,1H3,(H,20,22). The molecule has 0 fully saturated rings. The van der Waals surface area contributed by atoms with E-state index < -0.39 is 0 Å². The van der Waals surface area contributed by atoms with E-state index in [1.165, 1.54) is 24.1 Å². The molecule has 4 nitrogen and oxygen atoms in total. The Morgan fingerprint density at radius 1 is 1.17 bits per heavy atom. The van der Waals surface area contributed by atoms with Gasteiger partial charge in [0.25, 0.3) is 5.91 Å². The predicted octanol–water partition coefficient (Wildman–Crippen LogP) is 4.47. The quantitative estimate of drug-likeness (QED) is 0.800. The fraction of sp³-hybridized carbons (Fsp3) is 0.125. The van der Waals surface area contributed by atoms with Gasteiger partial charge in [-0.1, -0.05) is 35.3 Å². The molecule has 0 spiro atoms. The Hall–Kier alpha value is -1.56. The van der Waals surface area contributed by atoms with E-state index in [1.54, 1.807) is 12.1 Å². The molecule has 2 rings (SSSR count). The minimum atomic E-state index is -0.353. The van der Waals surface area contributed by atoms with Crippen LogP contribution in [0.1, 0.15) is 10.4 Å². The first-order chi connectivity index (χ1) is 10.9. The van der Waals surface area contributed by atoms with E-state index in [4.69, 9.17) is 23.2 Å². The van der Waals surface area contributed by atoms with Gasteiger partial charge in [0.1, 0.15) is 0 Å². The zero-order valence-electron chi connectivity index (χ0n) is 12.1. The predicted molar refractivity (Wildman–Crippen MR) is 96.2 cm³/mol. The summed E-state index contributed by atoms with van der Waals surface area (Å²) in [5.41, 5.74) is 0.940. The lowest BCUT2D eigenvalue weighted by molar-refractivity contribution is -0.116. The summed E-state index contributed by atoms with van der Waals surface area (Å²) >= 11 is 15.2. The molecule has 0 heterocycles. The molecule has 0 unspecified atom stereocenters. The van der Waals surface area contributed by atoms with Crippen LogP contribution in [0.5, 0.6) is 0 Å². The van der Waals surface area contributed by atoms with Crippen LogP contribution in [0.3, 0.4) is 0 Å². The van der Waals surface area contributed by atoms with Gasteiger partial charge in [-0.05, 0) is 46.3 Å². The van der Waals surface area contributed by atoms with Crippen molar-refractivity contribution in [1.29, 1.82) is 0 Å². The van der Waals surface area contributed by atoms with Crippen molar-refractivity contribution in [2.24, 2.45) is 0 Å². The van der Waals surface area contributed by atoms with Crippen LogP contribution in [0, 0.1) is 0 Å². The summed E-state index contributed by atoms with van der Waals surface area (Å²) in [6.07, 6.45) is 0. The Bertz CT molecular complexity index is 753. The monoisotopic (exact) mass is 414 g/mol. The van der Waals surface area contributed by atoms with Gasteiger partial charge in [-0.15, -0.1) is 0 Å². The Morgan fingerprint density at radius 2 is 1.87 bits per heavy atom. The summed E-state index contributed by atoms with van der Waals surface area (Å²) in [7, 11) is 1.53. The average molecular weight is 416 g/mol. The highest BCUT2D eigenvalue weighted by molar-refractivity contribution is 9.10. The third-order valence-corrected chi connectivity index (χ3v) is 4.28. The Morgan fingerprint density at radius 3 is 2.52 bits per heavy atom. The fourth-order valence-corrected chi connectivity index (χ4v) is 2.78. The van der Waals surface area contributed by atoms with E-state index in [2.05, 4.69) is 21.2 Å². The number of nitrogens with one attached hydrogen (secondary N) is 1. The molecular formula is C16H13BrCl2N2O2. The molecular weight excluding hydrogens is 403 g/mol. The molecule has 0 bridgehead atoms. The van der Waals surface area contributed by atoms with Crippen molar-refractivity contribution in [3.63, 3.8) is 0 Å². The molecule has 0 aliphatic rings. The molecule has 1 N–H and O–H groups in total. The van der Waals surface area contributed by atoms with E-state index in [1.807, 2.05) is 18.2 Å². The lowest BCUT2D eigenvalue weighted by Crippen LogP contribution is -2.35. The molecule has 120 valence electrons. The molecule has 0 aromatic heterocycles. The van der Waals surface area contributed by atoms with Crippen LogP contribution in [0.2, 0.25) is 10.0 Å². The van der Waals surface area contributed by atoms with Crippen LogP contribution < -0.4 is 5.32 Å². The number of likely N-dealkylation sites (N-methyl/N-ethyl adjacent to an activating group) is 1. The van der Waals surface area contributed by atoms with Crippen LogP contribution >= 0.6 is 39.1 Å². The van der Waals surface area contributed by atoms with E-state index >= 15 is 0 Å². The number of para-hydroxylation sites is 1. The van der Waals surface area contributed by atoms with Crippen LogP contribution in [-0.2, 0) is 4.79 Å². The third-order valence-electron chi connectivity index (χ3n) is 3.04. The van der Waals surface area contributed by atoms with E-state index in [-0.39, 0.29) is 23.4 Å². The van der Waals surface area contributed by atoms with Crippen molar-refractivity contribution in [1.82, 2.24) is 4.90 Å². The number of nitrogens with zero attached hydrogens (tertiary/aromatic N) is 1. The molecule has 0 aliphatic heterocycles. The van der Waals surface area contributed by atoms with Crippen molar-refractivity contribution in [3.05, 3.63) is 62.5 Å². The van der Waals surface area contributed by atoms with Crippen molar-refractivity contribution < 1.29 is 9.59 Å². The van der Waals surface area contributed by atoms with Gasteiger partial charge in [0.2, 0.25) is 5.91 Å². The lowest BCUT2D eigenvalue weighted by atomic mass is 10.2. The molecule has 2 amide bonds. The number of carbonyl (C=O) groups is 2. The number of benzene rings is 2. The molecule has 7 heteroatoms. The zero-order chi connectivity index (χ0) is 17.0. The van der Waals surface area contributed by atoms with Crippen molar-refractivity contribution >= 4 is 56.6 Å². The molecule has 2 aromatic carbocycles. The van der Waals surface area contributed by atoms with Crippen LogP contribution in [0.15, 0.2) is 46.9 Å². The Balaban J connectivity index is 2.03. The van der Waals surface area contributed by atoms with Gasteiger partial charge in [0, 0.05) is 16.5 Å². The van der Waals surface area contributed by atoms with Crippen LogP contribution in [0.4, 0.5) is 5.69 Å². The van der Waals surface area contributed by atoms with Crippen molar-refractivity contribution in [2.75, 3.05) is 18.9 Å². The maximum absolute atomic E-state index is 12.3. The normalized spacial score (nSPS) is 10.3. The molecule has 0 radical (unpaired) electrons. The molecule has 23 heavy (non-hydrogen) atoms. The SMILES string of the molecule is CN(CC(=O)Nc1ccccc1Br)C(=O)c1ccc(Cl)cc1Cl. The Kier molecular flexibility index (Phi) is 6.04. The smallest absolute Gasteiger partial charge is 0.255 e. The first-order valence-electron chi connectivity index (χ1n) is 6.63. The first kappa shape index (κ1) is 17.8. The fourth-order valence-electron chi connectivity index (χ4n) is 1.91. The molecule has 0 atom stereocenters. The topological polar surface area (TPSA) is 49.4 Å². The highest BCUT2D eigenvalue weighted by atomic mass is 79.9. The Labute approximate surface area is 152 Å². The maximum Gasteiger partial charge on any atom is 0.255 e. The number of hydrogen-bond donors (Lipinski definition) is 1. The minimum absolute atomic E-state index is 0.0981. The van der Waals surface area contributed by atoms with Gasteiger partial charge in [0.05, 0.1) is 22.8 Å². The van der Waals surface area contributed by atoms with Gasteiger partial charge >= 0.3 is 0 Å². The minimum Gasteiger partial charge on any atom is -0.332 e. The summed E-state index contributed by atoms with van der Waals surface area (Å²) in [6, 6.07) is 11.8. The lowest BCUT2D eigenvalue weighted by Gasteiger charge is -2.18. The first-order valence-corrected chi connectivity index (χ1v) is 8.18. The molecule has 0 aliphatic carbocycles. The van der Waals surface area contributed by atoms with Crippen molar-refractivity contribution in [3.8, 4) is 0 Å². The zero-order valence-corrected chi connectivity index (χ0v) is 15.2. The van der Waals surface area contributed by atoms with E-state index in [0.717, 1.165) is 4.47 Å². The summed E-state index contributed by atoms with van der Waals surface area (Å²) in [4.78, 5) is 25.7. The van der Waals surface area contributed by atoms with Gasteiger partial charge in [-0.25, -0.2) is 0 Å². The summed E-state index contributed by atoms with van der Waals surface area (Å²) in [5, 5.41) is 3.43. The second kappa shape index (κ2) is 7.81. The molecule has 0 saturated heterocycles. The number of halogens is 3. The van der Waals surface area contributed by atoms with Crippen LogP contribution in [0.25, 0.3) is 0 Å². The van der Waals surface area contributed by atoms with Crippen molar-refractivity contribution in [2.45, 2.75) is 0 Å². The average Bonchev–Trinajstić information content (AvgIpc) is 2.49. The summed E-state index contributed by atoms with van der Waals surface area (Å²) in [6.45, 7) is -0.0981. The molecule has 0 saturated carbocycles. The largest absolute Gasteiger partial charge is 0.332 e. The number of anilines is 1. The third kappa shape index (κ3) is 4.70. The van der Waals surface area contributed by atoms with E-state index in [9.17, 15) is 9.59 Å². The second-order valence-corrected chi connectivity index (χ2v) is 6.51. The number of rotatable bonds is 4. The van der Waals surface area contributed by atoms with Gasteiger partial charge in [0.15, 0.2) is 0 Å². The van der Waals surface area contributed by atoms with Crippen LogP contribution in [-0.4, -0.2) is 30.3 Å². The van der Waals surface area contributed by atoms with Gasteiger partial charge in [-0.3, -0.25) is 9.59 Å². The van der Waals surface area contributed by atoms with E-state index in [0.29, 0.717) is 16.3 Å². The highest BCUT2D eigenvalue weighted by Crippen LogP contribution is 2.23. The number of carbonyl (C=O) groups excluding carboxylic acids is 2. The number of hydrogen-bond acceptors (Lipinski definition) is 2. The second-order valence-electron chi connectivity index (χ2n) is 4.81. The number of amides is 2.